The van der Waals surface area contributed by atoms with Crippen LogP contribution in [0.5, 0.6) is 0 Å². The first-order valence-electron chi connectivity index (χ1n) is 3.73. The van der Waals surface area contributed by atoms with Gasteiger partial charge in [0.05, 0.1) is 0 Å². The fourth-order valence-electron chi connectivity index (χ4n) is 0.939. The summed E-state index contributed by atoms with van der Waals surface area (Å²) in [6.07, 6.45) is 0.448. The van der Waals surface area contributed by atoms with E-state index < -0.39 is 0 Å². The fraction of sp³-hybridized carbons (Fsp3) is 0.222. The second kappa shape index (κ2) is 5.16. The van der Waals surface area contributed by atoms with Crippen LogP contribution in [0.2, 0.25) is 0 Å². The molecule has 1 aromatic carbocycles. The zero-order chi connectivity index (χ0) is 8.97. The van der Waals surface area contributed by atoms with Gasteiger partial charge in [-0.05, 0) is 12.5 Å². The van der Waals surface area contributed by atoms with E-state index in [0.29, 0.717) is 6.42 Å². The standard InChI is InChI=1S/C9H11N3.H3N/c1-7-2-4-8(5-3-7)6-9(10)12-11;/h2-5,10-11H,6H2,1H3;1H3. The molecular weight excluding hydrogens is 164 g/mol. The molecule has 0 saturated carbocycles. The lowest BCUT2D eigenvalue weighted by atomic mass is 10.1. The summed E-state index contributed by atoms with van der Waals surface area (Å²) in [6.45, 7) is 2.02. The molecule has 70 valence electrons. The molecule has 0 bridgehead atoms. The molecule has 0 radical (unpaired) electrons. The fourth-order valence-corrected chi connectivity index (χ4v) is 0.939. The molecule has 4 nitrogen and oxygen atoms in total. The Morgan fingerprint density at radius 1 is 1.31 bits per heavy atom. The van der Waals surface area contributed by atoms with Gasteiger partial charge in [-0.2, -0.15) is 0 Å². The van der Waals surface area contributed by atoms with Crippen LogP contribution in [0.25, 0.3) is 0 Å². The van der Waals surface area contributed by atoms with Crippen molar-refractivity contribution in [1.29, 1.82) is 10.9 Å². The van der Waals surface area contributed by atoms with Crippen LogP contribution in [0, 0.1) is 17.9 Å². The molecular formula is C9H14N4. The molecule has 0 aliphatic heterocycles. The van der Waals surface area contributed by atoms with Crippen LogP contribution >= 0.6 is 0 Å². The van der Waals surface area contributed by atoms with E-state index in [2.05, 4.69) is 5.11 Å². The third kappa shape index (κ3) is 3.57. The van der Waals surface area contributed by atoms with Crippen LogP contribution in [0.3, 0.4) is 0 Å². The molecule has 0 saturated heterocycles. The largest absolute Gasteiger partial charge is 0.344 e. The Morgan fingerprint density at radius 2 is 1.85 bits per heavy atom. The van der Waals surface area contributed by atoms with Crippen molar-refractivity contribution in [3.05, 3.63) is 35.4 Å². The molecule has 1 rings (SSSR count). The van der Waals surface area contributed by atoms with Crippen LogP contribution in [0.4, 0.5) is 0 Å². The number of rotatable bonds is 2. The lowest BCUT2D eigenvalue weighted by molar-refractivity contribution is 1.11. The zero-order valence-electron chi connectivity index (χ0n) is 7.67. The number of amidine groups is 1. The van der Waals surface area contributed by atoms with E-state index >= 15 is 0 Å². The monoisotopic (exact) mass is 178 g/mol. The van der Waals surface area contributed by atoms with Gasteiger partial charge in [0.15, 0.2) is 0 Å². The average Bonchev–Trinajstić information content (AvgIpc) is 2.09. The summed E-state index contributed by atoms with van der Waals surface area (Å²) < 4.78 is 0. The van der Waals surface area contributed by atoms with Gasteiger partial charge in [-0.25, -0.2) is 5.53 Å². The Bertz CT molecular complexity index is 289. The Kier molecular flexibility index (Phi) is 4.54. The number of benzene rings is 1. The molecule has 4 heteroatoms. The first-order chi connectivity index (χ1) is 5.72. The smallest absolute Gasteiger partial charge is 0.147 e. The van der Waals surface area contributed by atoms with Crippen molar-refractivity contribution in [2.75, 3.05) is 0 Å². The van der Waals surface area contributed by atoms with Crippen molar-refractivity contribution < 1.29 is 0 Å². The molecule has 0 aliphatic rings. The lowest BCUT2D eigenvalue weighted by Crippen LogP contribution is -1.95. The van der Waals surface area contributed by atoms with Gasteiger partial charge in [0.25, 0.3) is 0 Å². The van der Waals surface area contributed by atoms with Gasteiger partial charge in [0.1, 0.15) is 5.84 Å². The minimum Gasteiger partial charge on any atom is -0.344 e. The molecule has 13 heavy (non-hydrogen) atoms. The Balaban J connectivity index is 0.00000144. The van der Waals surface area contributed by atoms with Crippen LogP contribution in [-0.2, 0) is 6.42 Å². The lowest BCUT2D eigenvalue weighted by Gasteiger charge is -1.98. The molecule has 0 spiro atoms. The normalized spacial score (nSPS) is 8.69. The molecule has 0 aliphatic carbocycles. The number of hydrogen-bond donors (Lipinski definition) is 3. The highest BCUT2D eigenvalue weighted by Gasteiger charge is 1.96. The van der Waals surface area contributed by atoms with Crippen molar-refractivity contribution in [3.8, 4) is 0 Å². The molecule has 0 heterocycles. The second-order valence-corrected chi connectivity index (χ2v) is 2.72. The van der Waals surface area contributed by atoms with E-state index in [1.54, 1.807) is 0 Å². The van der Waals surface area contributed by atoms with Gasteiger partial charge >= 0.3 is 0 Å². The molecule has 0 fully saturated rings. The van der Waals surface area contributed by atoms with E-state index in [1.165, 1.54) is 5.56 Å². The van der Waals surface area contributed by atoms with Crippen LogP contribution < -0.4 is 6.15 Å². The van der Waals surface area contributed by atoms with Gasteiger partial charge in [-0.3, -0.25) is 5.41 Å². The van der Waals surface area contributed by atoms with Crippen molar-refractivity contribution in [2.24, 2.45) is 5.11 Å². The molecule has 0 amide bonds. The third-order valence-corrected chi connectivity index (χ3v) is 1.63. The van der Waals surface area contributed by atoms with Gasteiger partial charge in [-0.15, -0.1) is 5.11 Å². The summed E-state index contributed by atoms with van der Waals surface area (Å²) in [5.74, 6) is 0.0962. The van der Waals surface area contributed by atoms with Crippen LogP contribution in [0.1, 0.15) is 11.1 Å². The maximum Gasteiger partial charge on any atom is 0.147 e. The average molecular weight is 178 g/mol. The Labute approximate surface area is 77.6 Å². The van der Waals surface area contributed by atoms with E-state index in [4.69, 9.17) is 10.9 Å². The first-order valence-corrected chi connectivity index (χ1v) is 3.73. The number of nitrogens with zero attached hydrogens (tertiary/aromatic N) is 1. The molecule has 0 atom stereocenters. The number of aryl methyl sites for hydroxylation is 1. The van der Waals surface area contributed by atoms with Gasteiger partial charge < -0.3 is 6.15 Å². The summed E-state index contributed by atoms with van der Waals surface area (Å²) in [6, 6.07) is 7.89. The number of hydrogen-bond acceptors (Lipinski definition) is 3. The minimum atomic E-state index is 0. The highest BCUT2D eigenvalue weighted by Crippen LogP contribution is 2.04. The molecule has 0 aromatic heterocycles. The molecule has 0 unspecified atom stereocenters. The highest BCUT2D eigenvalue weighted by molar-refractivity contribution is 5.81. The summed E-state index contributed by atoms with van der Waals surface area (Å²) in [7, 11) is 0. The second-order valence-electron chi connectivity index (χ2n) is 2.72. The first kappa shape index (κ1) is 11.4. The SMILES string of the molecule is Cc1ccc(CC(=N)N=N)cc1.N. The van der Waals surface area contributed by atoms with Crippen molar-refractivity contribution in [3.63, 3.8) is 0 Å². The van der Waals surface area contributed by atoms with Crippen LogP contribution in [0.15, 0.2) is 29.4 Å². The van der Waals surface area contributed by atoms with E-state index in [1.807, 2.05) is 31.2 Å². The summed E-state index contributed by atoms with van der Waals surface area (Å²) >= 11 is 0. The van der Waals surface area contributed by atoms with Crippen molar-refractivity contribution >= 4 is 5.84 Å². The van der Waals surface area contributed by atoms with Gasteiger partial charge in [0.2, 0.25) is 0 Å². The minimum absolute atomic E-state index is 0. The highest BCUT2D eigenvalue weighted by atomic mass is 15.0. The van der Waals surface area contributed by atoms with E-state index in [0.717, 1.165) is 5.56 Å². The van der Waals surface area contributed by atoms with Gasteiger partial charge in [-0.1, -0.05) is 29.8 Å². The van der Waals surface area contributed by atoms with Crippen molar-refractivity contribution in [1.82, 2.24) is 6.15 Å². The predicted molar refractivity (Wildman–Crippen MR) is 52.8 cm³/mol. The molecule has 1 aromatic rings. The third-order valence-electron chi connectivity index (χ3n) is 1.63. The Hall–Kier alpha value is -1.55. The number of nitrogens with one attached hydrogen (secondary N) is 2. The maximum atomic E-state index is 7.17. The topological polar surface area (TPSA) is 95.1 Å². The summed E-state index contributed by atoms with van der Waals surface area (Å²) in [5, 5.41) is 10.2. The van der Waals surface area contributed by atoms with Gasteiger partial charge in [0, 0.05) is 6.42 Å². The molecule has 5 N–H and O–H groups in total. The van der Waals surface area contributed by atoms with E-state index in [9.17, 15) is 0 Å². The summed E-state index contributed by atoms with van der Waals surface area (Å²) in [5.41, 5.74) is 8.83. The van der Waals surface area contributed by atoms with Crippen LogP contribution in [-0.4, -0.2) is 5.84 Å². The Morgan fingerprint density at radius 3 is 2.31 bits per heavy atom. The maximum absolute atomic E-state index is 7.17. The quantitative estimate of drug-likeness (QED) is 0.362. The zero-order valence-corrected chi connectivity index (χ0v) is 7.67. The predicted octanol–water partition coefficient (Wildman–Crippen LogP) is 2.71. The van der Waals surface area contributed by atoms with Crippen molar-refractivity contribution in [2.45, 2.75) is 13.3 Å². The van der Waals surface area contributed by atoms with E-state index in [-0.39, 0.29) is 12.0 Å². The summed E-state index contributed by atoms with van der Waals surface area (Å²) in [4.78, 5) is 0.